The number of carboxylic acid groups (broad SMARTS) is 1. The van der Waals surface area contributed by atoms with Gasteiger partial charge in [0.05, 0.1) is 5.92 Å². The maximum atomic E-state index is 12.1. The molecule has 8 heteroatoms. The van der Waals surface area contributed by atoms with Crippen LogP contribution in [0.4, 0.5) is 13.2 Å². The highest BCUT2D eigenvalue weighted by Gasteiger charge is 2.48. The molecule has 132 valence electrons. The van der Waals surface area contributed by atoms with E-state index in [9.17, 15) is 23.1 Å². The summed E-state index contributed by atoms with van der Waals surface area (Å²) >= 11 is 0. The van der Waals surface area contributed by atoms with E-state index in [1.54, 1.807) is 0 Å². The maximum absolute atomic E-state index is 12.1. The molecule has 0 spiro atoms. The van der Waals surface area contributed by atoms with E-state index in [2.05, 4.69) is 9.64 Å². The zero-order valence-electron chi connectivity index (χ0n) is 12.8. The summed E-state index contributed by atoms with van der Waals surface area (Å²) in [5.74, 6) is -0.890. The molecule has 2 saturated heterocycles. The van der Waals surface area contributed by atoms with Crippen LogP contribution in [0.5, 0.6) is 11.5 Å². The number of carbonyl (C=O) groups is 1. The minimum Gasteiger partial charge on any atom is -0.492 e. The van der Waals surface area contributed by atoms with Crippen molar-refractivity contribution in [2.45, 2.75) is 37.7 Å². The molecule has 0 saturated carbocycles. The number of rotatable bonds is 6. The van der Waals surface area contributed by atoms with Crippen molar-refractivity contribution in [3.8, 4) is 11.5 Å². The van der Waals surface area contributed by atoms with E-state index in [0.717, 1.165) is 12.8 Å². The van der Waals surface area contributed by atoms with Gasteiger partial charge in [0.15, 0.2) is 0 Å². The molecule has 0 aliphatic carbocycles. The van der Waals surface area contributed by atoms with E-state index in [0.29, 0.717) is 31.4 Å². The Labute approximate surface area is 137 Å². The van der Waals surface area contributed by atoms with Crippen LogP contribution < -0.4 is 9.47 Å². The van der Waals surface area contributed by atoms with Crippen molar-refractivity contribution in [2.24, 2.45) is 5.92 Å². The number of ether oxygens (including phenoxy) is 2. The summed E-state index contributed by atoms with van der Waals surface area (Å²) in [7, 11) is 0. The van der Waals surface area contributed by atoms with Gasteiger partial charge in [0, 0.05) is 18.6 Å². The molecule has 1 N–H and O–H groups in total. The monoisotopic (exact) mass is 345 g/mol. The zero-order chi connectivity index (χ0) is 17.3. The SMILES string of the molecule is O=C(O)C1CC2CCC1N2CCOc1ccc(OC(F)(F)F)cc1. The summed E-state index contributed by atoms with van der Waals surface area (Å²) < 4.78 is 45.6. The molecule has 3 unspecified atom stereocenters. The lowest BCUT2D eigenvalue weighted by Crippen LogP contribution is -2.35. The summed E-state index contributed by atoms with van der Waals surface area (Å²) in [6, 6.07) is 5.59. The Hall–Kier alpha value is -1.96. The second-order valence-corrected chi connectivity index (χ2v) is 6.08. The molecular weight excluding hydrogens is 327 g/mol. The van der Waals surface area contributed by atoms with Gasteiger partial charge in [-0.2, -0.15) is 0 Å². The minimum absolute atomic E-state index is 0.0682. The predicted octanol–water partition coefficient (Wildman–Crippen LogP) is 2.90. The first-order chi connectivity index (χ1) is 11.3. The Morgan fingerprint density at radius 3 is 2.46 bits per heavy atom. The third-order valence-electron chi connectivity index (χ3n) is 4.67. The summed E-state index contributed by atoms with van der Waals surface area (Å²) in [4.78, 5) is 13.4. The summed E-state index contributed by atoms with van der Waals surface area (Å²) in [5.41, 5.74) is 0. The fourth-order valence-corrected chi connectivity index (χ4v) is 3.72. The van der Waals surface area contributed by atoms with Crippen LogP contribution in [-0.4, -0.2) is 47.6 Å². The van der Waals surface area contributed by atoms with Crippen LogP contribution in [0, 0.1) is 5.92 Å². The molecule has 24 heavy (non-hydrogen) atoms. The second kappa shape index (κ2) is 6.51. The highest BCUT2D eigenvalue weighted by Crippen LogP contribution is 2.41. The van der Waals surface area contributed by atoms with Gasteiger partial charge in [-0.3, -0.25) is 9.69 Å². The van der Waals surface area contributed by atoms with Gasteiger partial charge in [-0.25, -0.2) is 0 Å². The molecule has 3 atom stereocenters. The van der Waals surface area contributed by atoms with Crippen LogP contribution in [-0.2, 0) is 4.79 Å². The number of nitrogens with zero attached hydrogens (tertiary/aromatic N) is 1. The van der Waals surface area contributed by atoms with Crippen LogP contribution in [0.15, 0.2) is 24.3 Å². The van der Waals surface area contributed by atoms with Crippen LogP contribution >= 0.6 is 0 Å². The molecule has 0 aromatic heterocycles. The van der Waals surface area contributed by atoms with Crippen LogP contribution in [0.2, 0.25) is 0 Å². The molecule has 0 radical (unpaired) electrons. The van der Waals surface area contributed by atoms with Gasteiger partial charge in [-0.15, -0.1) is 13.2 Å². The Morgan fingerprint density at radius 1 is 1.21 bits per heavy atom. The Morgan fingerprint density at radius 2 is 1.88 bits per heavy atom. The lowest BCUT2D eigenvalue weighted by molar-refractivity contribution is -0.274. The second-order valence-electron chi connectivity index (χ2n) is 6.08. The average Bonchev–Trinajstić information content (AvgIpc) is 3.05. The third-order valence-corrected chi connectivity index (χ3v) is 4.67. The first kappa shape index (κ1) is 16.9. The maximum Gasteiger partial charge on any atom is 0.573 e. The number of alkyl halides is 3. The fraction of sp³-hybridized carbons (Fsp3) is 0.562. The van der Waals surface area contributed by atoms with Gasteiger partial charge in [0.25, 0.3) is 0 Å². The molecule has 0 amide bonds. The largest absolute Gasteiger partial charge is 0.573 e. The lowest BCUT2D eigenvalue weighted by Gasteiger charge is -2.22. The van der Waals surface area contributed by atoms with Crippen LogP contribution in [0.3, 0.4) is 0 Å². The average molecular weight is 345 g/mol. The smallest absolute Gasteiger partial charge is 0.492 e. The summed E-state index contributed by atoms with van der Waals surface area (Å²) in [6.07, 6.45) is -2.12. The first-order valence-electron chi connectivity index (χ1n) is 7.80. The molecule has 2 heterocycles. The predicted molar refractivity (Wildman–Crippen MR) is 77.9 cm³/mol. The van der Waals surface area contributed by atoms with Crippen molar-refractivity contribution in [3.05, 3.63) is 24.3 Å². The Bertz CT molecular complexity index is 590. The molecule has 2 aliphatic rings. The van der Waals surface area contributed by atoms with Crippen LogP contribution in [0.1, 0.15) is 19.3 Å². The van der Waals surface area contributed by atoms with Crippen molar-refractivity contribution in [1.82, 2.24) is 4.90 Å². The van der Waals surface area contributed by atoms with Crippen molar-refractivity contribution >= 4 is 5.97 Å². The zero-order valence-corrected chi connectivity index (χ0v) is 12.8. The number of hydrogen-bond donors (Lipinski definition) is 1. The van der Waals surface area contributed by atoms with Crippen molar-refractivity contribution in [2.75, 3.05) is 13.2 Å². The van der Waals surface area contributed by atoms with E-state index < -0.39 is 12.3 Å². The Balaban J connectivity index is 1.48. The normalized spacial score (nSPS) is 26.5. The van der Waals surface area contributed by atoms with Gasteiger partial charge in [0.1, 0.15) is 18.1 Å². The molecule has 3 rings (SSSR count). The number of halogens is 3. The quantitative estimate of drug-likeness (QED) is 0.859. The van der Waals surface area contributed by atoms with E-state index in [1.807, 2.05) is 0 Å². The molecule has 1 aromatic carbocycles. The molecule has 5 nitrogen and oxygen atoms in total. The standard InChI is InChI=1S/C16H18F3NO4/c17-16(18,19)24-12-4-2-11(3-5-12)23-8-7-20-10-1-6-14(20)13(9-10)15(21)22/h2-5,10,13-14H,1,6-9H2,(H,21,22). The van der Waals surface area contributed by atoms with Gasteiger partial charge < -0.3 is 14.6 Å². The molecule has 2 aliphatic heterocycles. The van der Waals surface area contributed by atoms with E-state index in [1.165, 1.54) is 24.3 Å². The lowest BCUT2D eigenvalue weighted by atomic mass is 9.89. The molecule has 2 bridgehead atoms. The highest BCUT2D eigenvalue weighted by molar-refractivity contribution is 5.71. The van der Waals surface area contributed by atoms with Crippen LogP contribution in [0.25, 0.3) is 0 Å². The minimum atomic E-state index is -4.71. The number of fused-ring (bicyclic) bond motifs is 2. The number of carboxylic acids is 1. The molecular formula is C16H18F3NO4. The van der Waals surface area contributed by atoms with Gasteiger partial charge in [-0.1, -0.05) is 0 Å². The van der Waals surface area contributed by atoms with E-state index in [4.69, 9.17) is 4.74 Å². The number of aliphatic carboxylic acids is 1. The van der Waals surface area contributed by atoms with Gasteiger partial charge in [0.2, 0.25) is 0 Å². The van der Waals surface area contributed by atoms with E-state index >= 15 is 0 Å². The number of hydrogen-bond acceptors (Lipinski definition) is 4. The van der Waals surface area contributed by atoms with E-state index in [-0.39, 0.29) is 17.7 Å². The van der Waals surface area contributed by atoms with Gasteiger partial charge >= 0.3 is 12.3 Å². The number of benzene rings is 1. The third kappa shape index (κ3) is 3.75. The van der Waals surface area contributed by atoms with Crippen molar-refractivity contribution in [1.29, 1.82) is 0 Å². The Kier molecular flexibility index (Phi) is 4.58. The first-order valence-corrected chi connectivity index (χ1v) is 7.80. The molecule has 2 fully saturated rings. The van der Waals surface area contributed by atoms with Crippen molar-refractivity contribution < 1.29 is 32.5 Å². The fourth-order valence-electron chi connectivity index (χ4n) is 3.72. The highest BCUT2D eigenvalue weighted by atomic mass is 19.4. The van der Waals surface area contributed by atoms with Crippen molar-refractivity contribution in [3.63, 3.8) is 0 Å². The summed E-state index contributed by atoms with van der Waals surface area (Å²) in [6.45, 7) is 0.971. The summed E-state index contributed by atoms with van der Waals surface area (Å²) in [5, 5.41) is 9.21. The van der Waals surface area contributed by atoms with Gasteiger partial charge in [-0.05, 0) is 43.5 Å². The molecule has 1 aromatic rings. The topological polar surface area (TPSA) is 59.0 Å².